The van der Waals surface area contributed by atoms with Crippen LogP contribution in [0.25, 0.3) is 0 Å². The van der Waals surface area contributed by atoms with Gasteiger partial charge in [-0.2, -0.15) is 13.2 Å². The highest BCUT2D eigenvalue weighted by Crippen LogP contribution is 2.32. The number of hydrogen-bond donors (Lipinski definition) is 2. The van der Waals surface area contributed by atoms with Crippen molar-refractivity contribution in [3.63, 3.8) is 0 Å². The quantitative estimate of drug-likeness (QED) is 0.853. The molecule has 0 aliphatic heterocycles. The van der Waals surface area contributed by atoms with Crippen molar-refractivity contribution in [3.8, 4) is 0 Å². The molecule has 0 radical (unpaired) electrons. The maximum atomic E-state index is 12.9. The van der Waals surface area contributed by atoms with Crippen molar-refractivity contribution in [2.45, 2.75) is 51.4 Å². The number of aliphatic carboxylic acids is 1. The lowest BCUT2D eigenvalue weighted by Crippen LogP contribution is -2.43. The molecule has 134 valence electrons. The van der Waals surface area contributed by atoms with Crippen LogP contribution in [-0.2, 0) is 22.1 Å². The van der Waals surface area contributed by atoms with Crippen molar-refractivity contribution >= 4 is 12.1 Å². The number of carbonyl (C=O) groups excluding carboxylic acids is 1. The molecule has 24 heavy (non-hydrogen) atoms. The zero-order valence-corrected chi connectivity index (χ0v) is 13.6. The Kier molecular flexibility index (Phi) is 6.22. The highest BCUT2D eigenvalue weighted by molar-refractivity contribution is 5.80. The lowest BCUT2D eigenvalue weighted by molar-refractivity contribution is -0.139. The van der Waals surface area contributed by atoms with Crippen LogP contribution in [0.15, 0.2) is 24.3 Å². The van der Waals surface area contributed by atoms with E-state index in [0.717, 1.165) is 6.07 Å². The van der Waals surface area contributed by atoms with Crippen LogP contribution in [-0.4, -0.2) is 28.8 Å². The van der Waals surface area contributed by atoms with Crippen LogP contribution in [0.3, 0.4) is 0 Å². The van der Waals surface area contributed by atoms with E-state index < -0.39 is 35.4 Å². The summed E-state index contributed by atoms with van der Waals surface area (Å²) in [6.07, 6.45) is -5.79. The summed E-state index contributed by atoms with van der Waals surface area (Å²) in [5, 5.41) is 11.3. The lowest BCUT2D eigenvalue weighted by Gasteiger charge is -2.22. The second kappa shape index (κ2) is 7.55. The second-order valence-corrected chi connectivity index (χ2v) is 6.23. The first-order valence-electron chi connectivity index (χ1n) is 7.27. The van der Waals surface area contributed by atoms with Gasteiger partial charge in [-0.25, -0.2) is 9.59 Å². The topological polar surface area (TPSA) is 75.6 Å². The molecule has 8 heteroatoms. The molecular weight excluding hydrogens is 327 g/mol. The van der Waals surface area contributed by atoms with Crippen LogP contribution < -0.4 is 5.32 Å². The molecule has 0 aromatic heterocycles. The van der Waals surface area contributed by atoms with Crippen molar-refractivity contribution in [3.05, 3.63) is 35.4 Å². The molecule has 0 aliphatic carbocycles. The molecule has 0 bridgehead atoms. The highest BCUT2D eigenvalue weighted by Gasteiger charge is 2.33. The molecule has 0 aliphatic rings. The number of alkyl halides is 3. The van der Waals surface area contributed by atoms with Crippen molar-refractivity contribution in [2.24, 2.45) is 0 Å². The Balaban J connectivity index is 2.79. The van der Waals surface area contributed by atoms with Crippen LogP contribution in [0.4, 0.5) is 18.0 Å². The minimum Gasteiger partial charge on any atom is -0.480 e. The van der Waals surface area contributed by atoms with Gasteiger partial charge in [-0.05, 0) is 45.2 Å². The van der Waals surface area contributed by atoms with Crippen molar-refractivity contribution in [1.82, 2.24) is 5.32 Å². The van der Waals surface area contributed by atoms with E-state index >= 15 is 0 Å². The van der Waals surface area contributed by atoms with Gasteiger partial charge in [0, 0.05) is 0 Å². The summed E-state index contributed by atoms with van der Waals surface area (Å²) < 4.78 is 43.7. The average Bonchev–Trinajstić information content (AvgIpc) is 2.40. The first kappa shape index (κ1) is 19.8. The molecule has 1 rings (SSSR count). The summed E-state index contributed by atoms with van der Waals surface area (Å²) in [4.78, 5) is 22.8. The first-order valence-corrected chi connectivity index (χ1v) is 7.27. The molecule has 0 heterocycles. The van der Waals surface area contributed by atoms with E-state index in [0.29, 0.717) is 0 Å². The number of hydrogen-bond acceptors (Lipinski definition) is 3. The summed E-state index contributed by atoms with van der Waals surface area (Å²) in [5.74, 6) is -1.34. The molecule has 0 saturated carbocycles. The van der Waals surface area contributed by atoms with Gasteiger partial charge in [-0.1, -0.05) is 18.2 Å². The first-order chi connectivity index (χ1) is 10.9. The summed E-state index contributed by atoms with van der Waals surface area (Å²) in [5.41, 5.74) is -1.65. The maximum absolute atomic E-state index is 12.9. The van der Waals surface area contributed by atoms with Crippen LogP contribution in [0.5, 0.6) is 0 Å². The Hall–Kier alpha value is -2.25. The number of carboxylic acids is 1. The van der Waals surface area contributed by atoms with Gasteiger partial charge in [0.25, 0.3) is 0 Å². The van der Waals surface area contributed by atoms with Gasteiger partial charge in [0.15, 0.2) is 0 Å². The van der Waals surface area contributed by atoms with Crippen molar-refractivity contribution < 1.29 is 32.6 Å². The van der Waals surface area contributed by atoms with Crippen molar-refractivity contribution in [1.29, 1.82) is 0 Å². The number of carbonyl (C=O) groups is 2. The number of rotatable bonds is 5. The number of aryl methyl sites for hydroxylation is 1. The van der Waals surface area contributed by atoms with Gasteiger partial charge >= 0.3 is 18.2 Å². The predicted octanol–water partition coefficient (Wildman–Crippen LogP) is 3.62. The zero-order chi connectivity index (χ0) is 18.5. The third-order valence-corrected chi connectivity index (χ3v) is 3.01. The van der Waals surface area contributed by atoms with E-state index in [2.05, 4.69) is 5.32 Å². The molecule has 1 aromatic rings. The standard InChI is InChI=1S/C16H20F3NO4/c1-15(2,3)24-14(23)20-12(13(21)22)9-8-10-6-4-5-7-11(10)16(17,18)19/h4-7,12H,8-9H2,1-3H3,(H,20,23)(H,21,22)/t12-/m0/s1. The smallest absolute Gasteiger partial charge is 0.416 e. The number of ether oxygens (including phenoxy) is 1. The van der Waals surface area contributed by atoms with Gasteiger partial charge in [0.2, 0.25) is 0 Å². The fraction of sp³-hybridized carbons (Fsp3) is 0.500. The van der Waals surface area contributed by atoms with Crippen LogP contribution in [0, 0.1) is 0 Å². The Morgan fingerprint density at radius 2 is 1.79 bits per heavy atom. The largest absolute Gasteiger partial charge is 0.480 e. The SMILES string of the molecule is CC(C)(C)OC(=O)N[C@@H](CCc1ccccc1C(F)(F)F)C(=O)O. The Morgan fingerprint density at radius 3 is 2.29 bits per heavy atom. The van der Waals surface area contributed by atoms with Crippen LogP contribution in [0.1, 0.15) is 38.3 Å². The maximum Gasteiger partial charge on any atom is 0.416 e. The molecule has 2 N–H and O–H groups in total. The number of benzene rings is 1. The molecule has 0 unspecified atom stereocenters. The predicted molar refractivity (Wildman–Crippen MR) is 80.6 cm³/mol. The number of nitrogens with one attached hydrogen (secondary N) is 1. The van der Waals surface area contributed by atoms with E-state index in [1.807, 2.05) is 0 Å². The third-order valence-electron chi connectivity index (χ3n) is 3.01. The minimum atomic E-state index is -4.52. The van der Waals surface area contributed by atoms with Gasteiger partial charge in [-0.3, -0.25) is 0 Å². The molecular formula is C16H20F3NO4. The summed E-state index contributed by atoms with van der Waals surface area (Å²) in [6, 6.07) is 3.59. The fourth-order valence-corrected chi connectivity index (χ4v) is 2.02. The van der Waals surface area contributed by atoms with Crippen molar-refractivity contribution in [2.75, 3.05) is 0 Å². The van der Waals surface area contributed by atoms with Gasteiger partial charge in [0.05, 0.1) is 5.56 Å². The molecule has 0 fully saturated rings. The molecule has 5 nitrogen and oxygen atoms in total. The summed E-state index contributed by atoms with van der Waals surface area (Å²) in [6.45, 7) is 4.84. The number of alkyl carbamates (subject to hydrolysis) is 1. The molecule has 1 atom stereocenters. The Bertz CT molecular complexity index is 594. The average molecular weight is 347 g/mol. The minimum absolute atomic E-state index is 0.0257. The number of amides is 1. The van der Waals surface area contributed by atoms with E-state index in [1.165, 1.54) is 18.2 Å². The highest BCUT2D eigenvalue weighted by atomic mass is 19.4. The molecule has 0 saturated heterocycles. The summed E-state index contributed by atoms with van der Waals surface area (Å²) >= 11 is 0. The van der Waals surface area contributed by atoms with Gasteiger partial charge in [-0.15, -0.1) is 0 Å². The summed E-state index contributed by atoms with van der Waals surface area (Å²) in [7, 11) is 0. The van der Waals surface area contributed by atoms with Gasteiger partial charge < -0.3 is 15.2 Å². The Labute approximate surface area is 137 Å². The molecule has 1 aromatic carbocycles. The van der Waals surface area contributed by atoms with Gasteiger partial charge in [0.1, 0.15) is 11.6 Å². The second-order valence-electron chi connectivity index (χ2n) is 6.23. The normalized spacial score (nSPS) is 13.2. The monoisotopic (exact) mass is 347 g/mol. The lowest BCUT2D eigenvalue weighted by atomic mass is 10.00. The van der Waals surface area contributed by atoms with E-state index in [-0.39, 0.29) is 18.4 Å². The zero-order valence-electron chi connectivity index (χ0n) is 13.6. The molecule has 1 amide bonds. The number of carboxylic acid groups (broad SMARTS) is 1. The van der Waals surface area contributed by atoms with E-state index in [4.69, 9.17) is 9.84 Å². The van der Waals surface area contributed by atoms with Crippen LogP contribution >= 0.6 is 0 Å². The van der Waals surface area contributed by atoms with E-state index in [9.17, 15) is 22.8 Å². The fourth-order valence-electron chi connectivity index (χ4n) is 2.02. The third kappa shape index (κ3) is 6.47. The van der Waals surface area contributed by atoms with Crippen LogP contribution in [0.2, 0.25) is 0 Å². The number of halogens is 3. The Morgan fingerprint density at radius 1 is 1.21 bits per heavy atom. The van der Waals surface area contributed by atoms with E-state index in [1.54, 1.807) is 20.8 Å². The molecule has 0 spiro atoms.